The molecule has 3 nitrogen and oxygen atoms in total. The van der Waals surface area contributed by atoms with Gasteiger partial charge in [-0.1, -0.05) is 6.92 Å². The van der Waals surface area contributed by atoms with E-state index in [0.29, 0.717) is 18.2 Å². The Balaban J connectivity index is 2.33. The van der Waals surface area contributed by atoms with Crippen molar-refractivity contribution in [3.63, 3.8) is 0 Å². The third-order valence-electron chi connectivity index (χ3n) is 2.74. The second-order valence-corrected chi connectivity index (χ2v) is 4.45. The molecule has 0 aromatic carbocycles. The first-order chi connectivity index (χ1) is 7.24. The van der Waals surface area contributed by atoms with Crippen molar-refractivity contribution in [3.8, 4) is 0 Å². The van der Waals surface area contributed by atoms with Crippen LogP contribution in [-0.4, -0.2) is 38.0 Å². The van der Waals surface area contributed by atoms with E-state index in [-0.39, 0.29) is 0 Å². The summed E-state index contributed by atoms with van der Waals surface area (Å²) in [5, 5.41) is 3.46. The molecule has 90 valence electrons. The Morgan fingerprint density at radius 2 is 2.20 bits per heavy atom. The zero-order chi connectivity index (χ0) is 11.1. The molecular formula is C12H25NO2. The first-order valence-electron chi connectivity index (χ1n) is 6.20. The molecule has 3 heteroatoms. The minimum Gasteiger partial charge on any atom is -0.377 e. The van der Waals surface area contributed by atoms with Crippen LogP contribution in [0.5, 0.6) is 0 Å². The van der Waals surface area contributed by atoms with Gasteiger partial charge in [0, 0.05) is 6.61 Å². The van der Waals surface area contributed by atoms with Crippen LogP contribution in [0.25, 0.3) is 0 Å². The van der Waals surface area contributed by atoms with Crippen molar-refractivity contribution in [2.75, 3.05) is 19.8 Å². The lowest BCUT2D eigenvalue weighted by molar-refractivity contribution is -0.0389. The molecule has 0 radical (unpaired) electrons. The summed E-state index contributed by atoms with van der Waals surface area (Å²) in [6, 6.07) is 0.359. The SMILES string of the molecule is CCNC(COC(C)C)C1CCCCO1. The van der Waals surface area contributed by atoms with Crippen LogP contribution >= 0.6 is 0 Å². The van der Waals surface area contributed by atoms with Gasteiger partial charge in [-0.25, -0.2) is 0 Å². The van der Waals surface area contributed by atoms with E-state index < -0.39 is 0 Å². The van der Waals surface area contributed by atoms with Gasteiger partial charge >= 0.3 is 0 Å². The molecule has 1 fully saturated rings. The maximum atomic E-state index is 5.78. The maximum absolute atomic E-state index is 5.78. The highest BCUT2D eigenvalue weighted by Crippen LogP contribution is 2.16. The van der Waals surface area contributed by atoms with E-state index in [0.717, 1.165) is 19.8 Å². The number of nitrogens with one attached hydrogen (secondary N) is 1. The quantitative estimate of drug-likeness (QED) is 0.734. The smallest absolute Gasteiger partial charge is 0.0750 e. The molecule has 0 amide bonds. The van der Waals surface area contributed by atoms with Crippen LogP contribution in [0.2, 0.25) is 0 Å². The lowest BCUT2D eigenvalue weighted by atomic mass is 10.0. The van der Waals surface area contributed by atoms with Gasteiger partial charge in [-0.2, -0.15) is 0 Å². The Bertz CT molecular complexity index is 156. The molecule has 1 heterocycles. The second-order valence-electron chi connectivity index (χ2n) is 4.45. The first-order valence-corrected chi connectivity index (χ1v) is 6.20. The van der Waals surface area contributed by atoms with E-state index in [1.807, 2.05) is 0 Å². The molecule has 1 aliphatic heterocycles. The number of ether oxygens (including phenoxy) is 2. The van der Waals surface area contributed by atoms with Crippen molar-refractivity contribution in [2.45, 2.75) is 58.3 Å². The Kier molecular flexibility index (Phi) is 6.22. The zero-order valence-electron chi connectivity index (χ0n) is 10.3. The number of hydrogen-bond donors (Lipinski definition) is 1. The molecule has 1 rings (SSSR count). The molecule has 0 aromatic rings. The average Bonchev–Trinajstić information content (AvgIpc) is 2.25. The fourth-order valence-electron chi connectivity index (χ4n) is 1.94. The summed E-state index contributed by atoms with van der Waals surface area (Å²) in [6.45, 7) is 8.93. The largest absolute Gasteiger partial charge is 0.377 e. The number of hydrogen-bond acceptors (Lipinski definition) is 3. The molecule has 0 aromatic heterocycles. The summed E-state index contributed by atoms with van der Waals surface area (Å²) >= 11 is 0. The topological polar surface area (TPSA) is 30.5 Å². The van der Waals surface area contributed by atoms with E-state index in [9.17, 15) is 0 Å². The predicted molar refractivity (Wildman–Crippen MR) is 62.1 cm³/mol. The lowest BCUT2D eigenvalue weighted by Crippen LogP contribution is -2.46. The first kappa shape index (κ1) is 12.9. The zero-order valence-corrected chi connectivity index (χ0v) is 10.3. The summed E-state index contributed by atoms with van der Waals surface area (Å²) in [4.78, 5) is 0. The monoisotopic (exact) mass is 215 g/mol. The van der Waals surface area contributed by atoms with Gasteiger partial charge in [-0.15, -0.1) is 0 Å². The van der Waals surface area contributed by atoms with Gasteiger partial charge < -0.3 is 14.8 Å². The second kappa shape index (κ2) is 7.20. The standard InChI is InChI=1S/C12H25NO2/c1-4-13-11(9-15-10(2)3)12-7-5-6-8-14-12/h10-13H,4-9H2,1-3H3. The summed E-state index contributed by atoms with van der Waals surface area (Å²) in [6.07, 6.45) is 4.31. The molecule has 0 bridgehead atoms. The Labute approximate surface area is 93.5 Å². The van der Waals surface area contributed by atoms with Gasteiger partial charge in [0.1, 0.15) is 0 Å². The van der Waals surface area contributed by atoms with Crippen LogP contribution in [0.15, 0.2) is 0 Å². The molecule has 1 aliphatic rings. The molecular weight excluding hydrogens is 190 g/mol. The van der Waals surface area contributed by atoms with Gasteiger partial charge in [-0.3, -0.25) is 0 Å². The number of likely N-dealkylation sites (N-methyl/N-ethyl adjacent to an activating group) is 1. The predicted octanol–water partition coefficient (Wildman–Crippen LogP) is 1.96. The minimum atomic E-state index is 0.301. The van der Waals surface area contributed by atoms with Crippen molar-refractivity contribution < 1.29 is 9.47 Å². The van der Waals surface area contributed by atoms with Crippen molar-refractivity contribution in [1.29, 1.82) is 0 Å². The van der Waals surface area contributed by atoms with Crippen molar-refractivity contribution >= 4 is 0 Å². The van der Waals surface area contributed by atoms with Crippen LogP contribution in [0.4, 0.5) is 0 Å². The van der Waals surface area contributed by atoms with Crippen LogP contribution in [0.1, 0.15) is 40.0 Å². The molecule has 1 saturated heterocycles. The molecule has 1 N–H and O–H groups in total. The molecule has 0 spiro atoms. The van der Waals surface area contributed by atoms with Gasteiger partial charge in [-0.05, 0) is 39.7 Å². The van der Waals surface area contributed by atoms with Crippen LogP contribution in [0, 0.1) is 0 Å². The highest BCUT2D eigenvalue weighted by molar-refractivity contribution is 4.79. The highest BCUT2D eigenvalue weighted by atomic mass is 16.5. The Morgan fingerprint density at radius 3 is 2.73 bits per heavy atom. The van der Waals surface area contributed by atoms with E-state index in [1.54, 1.807) is 0 Å². The molecule has 15 heavy (non-hydrogen) atoms. The van der Waals surface area contributed by atoms with Crippen molar-refractivity contribution in [2.24, 2.45) is 0 Å². The maximum Gasteiger partial charge on any atom is 0.0750 e. The van der Waals surface area contributed by atoms with Crippen molar-refractivity contribution in [1.82, 2.24) is 5.32 Å². The van der Waals surface area contributed by atoms with E-state index >= 15 is 0 Å². The van der Waals surface area contributed by atoms with E-state index in [4.69, 9.17) is 9.47 Å². The van der Waals surface area contributed by atoms with E-state index in [1.165, 1.54) is 19.3 Å². The molecule has 2 unspecified atom stereocenters. The van der Waals surface area contributed by atoms with Gasteiger partial charge in [0.25, 0.3) is 0 Å². The van der Waals surface area contributed by atoms with Crippen LogP contribution < -0.4 is 5.32 Å². The Hall–Kier alpha value is -0.120. The van der Waals surface area contributed by atoms with E-state index in [2.05, 4.69) is 26.1 Å². The minimum absolute atomic E-state index is 0.301. The normalized spacial score (nSPS) is 24.4. The van der Waals surface area contributed by atoms with Gasteiger partial charge in [0.05, 0.1) is 24.9 Å². The summed E-state index contributed by atoms with van der Waals surface area (Å²) in [5.74, 6) is 0. The van der Waals surface area contributed by atoms with Crippen LogP contribution in [0.3, 0.4) is 0 Å². The van der Waals surface area contributed by atoms with Crippen LogP contribution in [-0.2, 0) is 9.47 Å². The fourth-order valence-corrected chi connectivity index (χ4v) is 1.94. The van der Waals surface area contributed by atoms with Crippen molar-refractivity contribution in [3.05, 3.63) is 0 Å². The summed E-state index contributed by atoms with van der Waals surface area (Å²) < 4.78 is 11.4. The fraction of sp³-hybridized carbons (Fsp3) is 1.00. The number of rotatable bonds is 6. The third kappa shape index (κ3) is 4.96. The Morgan fingerprint density at radius 1 is 1.40 bits per heavy atom. The molecule has 0 saturated carbocycles. The molecule has 0 aliphatic carbocycles. The van der Waals surface area contributed by atoms with Gasteiger partial charge in [0.15, 0.2) is 0 Å². The summed E-state index contributed by atoms with van der Waals surface area (Å²) in [7, 11) is 0. The third-order valence-corrected chi connectivity index (χ3v) is 2.74. The summed E-state index contributed by atoms with van der Waals surface area (Å²) in [5.41, 5.74) is 0. The van der Waals surface area contributed by atoms with Gasteiger partial charge in [0.2, 0.25) is 0 Å². The lowest BCUT2D eigenvalue weighted by Gasteiger charge is -2.31. The molecule has 2 atom stereocenters. The highest BCUT2D eigenvalue weighted by Gasteiger charge is 2.24. The average molecular weight is 215 g/mol.